The molecule has 27 heavy (non-hydrogen) atoms. The van der Waals surface area contributed by atoms with Crippen molar-refractivity contribution in [3.8, 4) is 5.75 Å². The standard InChI is InChI=1S/C23H24N2O2/c26-23-11-19(14-25(23)21-12-20(21)17-6-2-1-3-7-17)24-13-16-10-18-8-4-5-9-22(18)27-15-16/h1-10,19-21,24H,11-15H2. The fourth-order valence-electron chi connectivity index (χ4n) is 4.31. The van der Waals surface area contributed by atoms with Crippen molar-refractivity contribution < 1.29 is 9.53 Å². The largest absolute Gasteiger partial charge is 0.489 e. The predicted molar refractivity (Wildman–Crippen MR) is 106 cm³/mol. The van der Waals surface area contributed by atoms with E-state index in [-0.39, 0.29) is 11.9 Å². The Bertz CT molecular complexity index is 877. The molecule has 1 amide bonds. The van der Waals surface area contributed by atoms with Crippen molar-refractivity contribution in [1.29, 1.82) is 0 Å². The van der Waals surface area contributed by atoms with E-state index >= 15 is 0 Å². The number of rotatable bonds is 5. The van der Waals surface area contributed by atoms with E-state index in [1.54, 1.807) is 0 Å². The molecule has 3 atom stereocenters. The highest BCUT2D eigenvalue weighted by Gasteiger charge is 2.47. The number of ether oxygens (including phenoxy) is 1. The summed E-state index contributed by atoms with van der Waals surface area (Å²) >= 11 is 0. The fraction of sp³-hybridized carbons (Fsp3) is 0.348. The van der Waals surface area contributed by atoms with Crippen molar-refractivity contribution in [3.63, 3.8) is 0 Å². The molecule has 4 heteroatoms. The third kappa shape index (κ3) is 3.37. The second-order valence-electron chi connectivity index (χ2n) is 7.78. The molecule has 2 aromatic carbocycles. The molecule has 0 spiro atoms. The molecule has 1 N–H and O–H groups in total. The van der Waals surface area contributed by atoms with Gasteiger partial charge < -0.3 is 15.0 Å². The molecule has 0 aromatic heterocycles. The number of benzene rings is 2. The van der Waals surface area contributed by atoms with E-state index in [2.05, 4.69) is 46.6 Å². The van der Waals surface area contributed by atoms with E-state index in [9.17, 15) is 4.79 Å². The van der Waals surface area contributed by atoms with E-state index in [1.165, 1.54) is 11.1 Å². The molecule has 3 aliphatic rings. The van der Waals surface area contributed by atoms with Gasteiger partial charge in [-0.25, -0.2) is 0 Å². The van der Waals surface area contributed by atoms with Crippen molar-refractivity contribution in [3.05, 3.63) is 71.3 Å². The minimum Gasteiger partial charge on any atom is -0.489 e. The molecule has 0 bridgehead atoms. The van der Waals surface area contributed by atoms with Crippen molar-refractivity contribution in [2.24, 2.45) is 0 Å². The van der Waals surface area contributed by atoms with Crippen molar-refractivity contribution in [2.75, 3.05) is 19.7 Å². The van der Waals surface area contributed by atoms with Crippen molar-refractivity contribution in [2.45, 2.75) is 30.8 Å². The lowest BCUT2D eigenvalue weighted by atomic mass is 10.1. The summed E-state index contributed by atoms with van der Waals surface area (Å²) in [5.74, 6) is 1.75. The number of nitrogens with one attached hydrogen (secondary N) is 1. The lowest BCUT2D eigenvalue weighted by molar-refractivity contribution is -0.128. The SMILES string of the molecule is O=C1CC(NCC2=Cc3ccccc3OC2)CN1C1CC1c1ccccc1. The molecule has 2 aromatic rings. The summed E-state index contributed by atoms with van der Waals surface area (Å²) in [6.45, 7) is 2.21. The van der Waals surface area contributed by atoms with E-state index < -0.39 is 0 Å². The van der Waals surface area contributed by atoms with Gasteiger partial charge in [0.25, 0.3) is 0 Å². The lowest BCUT2D eigenvalue weighted by Gasteiger charge is -2.20. The third-order valence-electron chi connectivity index (χ3n) is 5.85. The average molecular weight is 360 g/mol. The van der Waals surface area contributed by atoms with Crippen LogP contribution in [-0.4, -0.2) is 42.6 Å². The molecule has 1 aliphatic carbocycles. The van der Waals surface area contributed by atoms with Crippen LogP contribution in [0.15, 0.2) is 60.2 Å². The number of likely N-dealkylation sites (tertiary alicyclic amines) is 1. The summed E-state index contributed by atoms with van der Waals surface area (Å²) in [7, 11) is 0. The van der Waals surface area contributed by atoms with Gasteiger partial charge in [0.15, 0.2) is 0 Å². The first-order valence-corrected chi connectivity index (χ1v) is 9.77. The summed E-state index contributed by atoms with van der Waals surface area (Å²) in [5, 5.41) is 3.57. The topological polar surface area (TPSA) is 41.6 Å². The van der Waals surface area contributed by atoms with Crippen LogP contribution < -0.4 is 10.1 Å². The summed E-state index contributed by atoms with van der Waals surface area (Å²) in [6, 6.07) is 19.3. The molecular formula is C23H24N2O2. The molecule has 2 aliphatic heterocycles. The molecule has 2 heterocycles. The number of fused-ring (bicyclic) bond motifs is 1. The van der Waals surface area contributed by atoms with Gasteiger partial charge in [-0.2, -0.15) is 0 Å². The minimum absolute atomic E-state index is 0.229. The van der Waals surface area contributed by atoms with E-state index in [4.69, 9.17) is 4.74 Å². The summed E-state index contributed by atoms with van der Waals surface area (Å²) in [4.78, 5) is 14.6. The maximum Gasteiger partial charge on any atom is 0.224 e. The van der Waals surface area contributed by atoms with Crippen LogP contribution in [0.1, 0.15) is 29.9 Å². The van der Waals surface area contributed by atoms with Crippen LogP contribution in [0.3, 0.4) is 0 Å². The highest BCUT2D eigenvalue weighted by atomic mass is 16.5. The Morgan fingerprint density at radius 2 is 1.89 bits per heavy atom. The quantitative estimate of drug-likeness (QED) is 0.890. The van der Waals surface area contributed by atoms with Gasteiger partial charge in [0, 0.05) is 43.1 Å². The number of para-hydroxylation sites is 1. The monoisotopic (exact) mass is 360 g/mol. The fourth-order valence-corrected chi connectivity index (χ4v) is 4.31. The average Bonchev–Trinajstić information content (AvgIpc) is 3.42. The minimum atomic E-state index is 0.229. The van der Waals surface area contributed by atoms with Crippen molar-refractivity contribution >= 4 is 12.0 Å². The Hall–Kier alpha value is -2.59. The zero-order chi connectivity index (χ0) is 18.2. The van der Waals surface area contributed by atoms with E-state index in [0.717, 1.165) is 30.8 Å². The summed E-state index contributed by atoms with van der Waals surface area (Å²) in [5.41, 5.74) is 3.72. The molecule has 1 saturated carbocycles. The molecule has 1 saturated heterocycles. The number of nitrogens with zero attached hydrogens (tertiary/aromatic N) is 1. The highest BCUT2D eigenvalue weighted by molar-refractivity contribution is 5.80. The number of carbonyl (C=O) groups excluding carboxylic acids is 1. The van der Waals surface area contributed by atoms with Gasteiger partial charge in [-0.15, -0.1) is 0 Å². The van der Waals surface area contributed by atoms with Crippen LogP contribution in [-0.2, 0) is 4.79 Å². The summed E-state index contributed by atoms with van der Waals surface area (Å²) < 4.78 is 5.82. The first kappa shape index (κ1) is 16.6. The number of amides is 1. The molecule has 3 unspecified atom stereocenters. The molecule has 4 nitrogen and oxygen atoms in total. The predicted octanol–water partition coefficient (Wildman–Crippen LogP) is 3.21. The van der Waals surface area contributed by atoms with Crippen LogP contribution >= 0.6 is 0 Å². The highest BCUT2D eigenvalue weighted by Crippen LogP contribution is 2.45. The smallest absolute Gasteiger partial charge is 0.224 e. The molecular weight excluding hydrogens is 336 g/mol. The van der Waals surface area contributed by atoms with Gasteiger partial charge in [0.05, 0.1) is 0 Å². The second kappa shape index (κ2) is 6.86. The van der Waals surface area contributed by atoms with Gasteiger partial charge in [0.1, 0.15) is 12.4 Å². The Morgan fingerprint density at radius 1 is 1.07 bits per heavy atom. The Balaban J connectivity index is 1.17. The van der Waals surface area contributed by atoms with Crippen LogP contribution in [0.4, 0.5) is 0 Å². The maximum absolute atomic E-state index is 12.5. The Kier molecular flexibility index (Phi) is 4.21. The zero-order valence-electron chi connectivity index (χ0n) is 15.3. The van der Waals surface area contributed by atoms with E-state index in [0.29, 0.717) is 25.0 Å². The van der Waals surface area contributed by atoms with Gasteiger partial charge in [-0.05, 0) is 29.7 Å². The first-order chi connectivity index (χ1) is 13.3. The third-order valence-corrected chi connectivity index (χ3v) is 5.85. The van der Waals surface area contributed by atoms with Crippen LogP contribution in [0.25, 0.3) is 6.08 Å². The van der Waals surface area contributed by atoms with Gasteiger partial charge in [-0.1, -0.05) is 48.5 Å². The van der Waals surface area contributed by atoms with Gasteiger partial charge >= 0.3 is 0 Å². The Morgan fingerprint density at radius 3 is 2.78 bits per heavy atom. The zero-order valence-corrected chi connectivity index (χ0v) is 15.3. The molecule has 2 fully saturated rings. The van der Waals surface area contributed by atoms with Gasteiger partial charge in [0.2, 0.25) is 5.91 Å². The normalized spacial score (nSPS) is 26.4. The number of hydrogen-bond acceptors (Lipinski definition) is 3. The van der Waals surface area contributed by atoms with Crippen LogP contribution in [0.5, 0.6) is 5.75 Å². The lowest BCUT2D eigenvalue weighted by Crippen LogP contribution is -2.36. The van der Waals surface area contributed by atoms with Gasteiger partial charge in [-0.3, -0.25) is 4.79 Å². The molecule has 5 rings (SSSR count). The number of hydrogen-bond donors (Lipinski definition) is 1. The summed E-state index contributed by atoms with van der Waals surface area (Å²) in [6.07, 6.45) is 3.90. The first-order valence-electron chi connectivity index (χ1n) is 9.77. The maximum atomic E-state index is 12.5. The van der Waals surface area contributed by atoms with Crippen LogP contribution in [0, 0.1) is 0 Å². The second-order valence-corrected chi connectivity index (χ2v) is 7.78. The molecule has 138 valence electrons. The van der Waals surface area contributed by atoms with Crippen molar-refractivity contribution in [1.82, 2.24) is 10.2 Å². The molecule has 0 radical (unpaired) electrons. The Labute approximate surface area is 159 Å². The van der Waals surface area contributed by atoms with E-state index in [1.807, 2.05) is 24.3 Å². The number of carbonyl (C=O) groups is 1. The van der Waals surface area contributed by atoms with Crippen LogP contribution in [0.2, 0.25) is 0 Å².